The average molecular weight is 183 g/mol. The van der Waals surface area contributed by atoms with E-state index in [1.54, 1.807) is 0 Å². The van der Waals surface area contributed by atoms with E-state index < -0.39 is 4.84 Å². The summed E-state index contributed by atoms with van der Waals surface area (Å²) in [4.78, 5) is 9.60. The molecule has 0 radical (unpaired) electrons. The molecule has 0 N–H and O–H groups in total. The highest BCUT2D eigenvalue weighted by molar-refractivity contribution is 6.54. The van der Waals surface area contributed by atoms with Crippen molar-refractivity contribution in [1.29, 1.82) is 0 Å². The average Bonchev–Trinajstić information content (AvgIpc) is 1.88. The molecule has 0 aliphatic rings. The number of rotatable bonds is 4. The van der Waals surface area contributed by atoms with Crippen molar-refractivity contribution >= 4 is 29.0 Å². The second-order valence-corrected chi connectivity index (χ2v) is 2.56. The number of halogens is 2. The van der Waals surface area contributed by atoms with Crippen LogP contribution in [0.5, 0.6) is 0 Å². The lowest BCUT2D eigenvalue weighted by Crippen LogP contribution is -2.02. The van der Waals surface area contributed by atoms with Crippen molar-refractivity contribution in [1.82, 2.24) is 0 Å². The zero-order valence-electron chi connectivity index (χ0n) is 5.51. The SMILES string of the molecule is CCO/C=C/C(=O)C(Cl)Cl. The predicted molar refractivity (Wildman–Crippen MR) is 41.3 cm³/mol. The monoisotopic (exact) mass is 182 g/mol. The molecule has 0 saturated carbocycles. The first-order valence-corrected chi connectivity index (χ1v) is 3.66. The number of carbonyl (C=O) groups is 1. The van der Waals surface area contributed by atoms with Gasteiger partial charge >= 0.3 is 0 Å². The summed E-state index contributed by atoms with van der Waals surface area (Å²) in [6.45, 7) is 2.34. The van der Waals surface area contributed by atoms with Crippen molar-refractivity contribution in [2.75, 3.05) is 6.61 Å². The number of alkyl halides is 2. The van der Waals surface area contributed by atoms with Crippen LogP contribution in [0.2, 0.25) is 0 Å². The van der Waals surface area contributed by atoms with E-state index in [0.29, 0.717) is 6.61 Å². The van der Waals surface area contributed by atoms with Crippen LogP contribution in [0, 0.1) is 0 Å². The van der Waals surface area contributed by atoms with Gasteiger partial charge in [0.2, 0.25) is 0 Å². The molecular formula is C6H8Cl2O2. The van der Waals surface area contributed by atoms with Gasteiger partial charge in [0.25, 0.3) is 0 Å². The topological polar surface area (TPSA) is 26.3 Å². The Kier molecular flexibility index (Phi) is 5.45. The number of hydrogen-bond acceptors (Lipinski definition) is 2. The highest BCUT2D eigenvalue weighted by Gasteiger charge is 2.05. The quantitative estimate of drug-likeness (QED) is 0.378. The van der Waals surface area contributed by atoms with E-state index in [0.717, 1.165) is 0 Å². The summed E-state index contributed by atoms with van der Waals surface area (Å²) in [5.74, 6) is -0.364. The molecule has 0 heterocycles. The van der Waals surface area contributed by atoms with Gasteiger partial charge in [0.1, 0.15) is 0 Å². The Morgan fingerprint density at radius 3 is 2.70 bits per heavy atom. The molecular weight excluding hydrogens is 175 g/mol. The summed E-state index contributed by atoms with van der Waals surface area (Å²) in [7, 11) is 0. The van der Waals surface area contributed by atoms with Gasteiger partial charge in [-0.25, -0.2) is 0 Å². The van der Waals surface area contributed by atoms with Gasteiger partial charge in [-0.15, -0.1) is 0 Å². The van der Waals surface area contributed by atoms with E-state index in [9.17, 15) is 4.79 Å². The standard InChI is InChI=1S/C6H8Cl2O2/c1-2-10-4-3-5(9)6(7)8/h3-4,6H,2H2,1H3/b4-3+. The van der Waals surface area contributed by atoms with E-state index in [-0.39, 0.29) is 5.78 Å². The van der Waals surface area contributed by atoms with Gasteiger partial charge in [0, 0.05) is 6.08 Å². The fourth-order valence-electron chi connectivity index (χ4n) is 0.284. The van der Waals surface area contributed by atoms with Crippen LogP contribution in [0.25, 0.3) is 0 Å². The Morgan fingerprint density at radius 1 is 1.70 bits per heavy atom. The molecule has 0 rings (SSSR count). The first-order valence-electron chi connectivity index (χ1n) is 2.78. The molecule has 0 aromatic heterocycles. The molecule has 0 aromatic carbocycles. The molecule has 0 atom stereocenters. The highest BCUT2D eigenvalue weighted by Crippen LogP contribution is 2.03. The minimum absolute atomic E-state index is 0.364. The van der Waals surface area contributed by atoms with Crippen molar-refractivity contribution < 1.29 is 9.53 Å². The number of hydrogen-bond donors (Lipinski definition) is 0. The summed E-state index contributed by atoms with van der Waals surface area (Å²) >= 11 is 10.4. The van der Waals surface area contributed by atoms with E-state index in [1.807, 2.05) is 6.92 Å². The third-order valence-corrected chi connectivity index (χ3v) is 1.14. The summed E-state index contributed by atoms with van der Waals surface area (Å²) in [6, 6.07) is 0. The predicted octanol–water partition coefficient (Wildman–Crippen LogP) is 1.91. The third kappa shape index (κ3) is 4.65. The molecule has 0 aromatic rings. The third-order valence-electron chi connectivity index (χ3n) is 0.710. The summed E-state index contributed by atoms with van der Waals surface area (Å²) in [5, 5.41) is 0. The summed E-state index contributed by atoms with van der Waals surface area (Å²) in [5.41, 5.74) is 0. The van der Waals surface area contributed by atoms with Gasteiger partial charge in [-0.3, -0.25) is 4.79 Å². The molecule has 10 heavy (non-hydrogen) atoms. The molecule has 0 fully saturated rings. The van der Waals surface area contributed by atoms with Gasteiger partial charge in [-0.1, -0.05) is 23.2 Å². The zero-order chi connectivity index (χ0) is 7.98. The molecule has 2 nitrogen and oxygen atoms in total. The van der Waals surface area contributed by atoms with Gasteiger partial charge in [-0.05, 0) is 6.92 Å². The van der Waals surface area contributed by atoms with E-state index in [4.69, 9.17) is 27.9 Å². The molecule has 0 aliphatic heterocycles. The van der Waals surface area contributed by atoms with Crippen LogP contribution in [0.4, 0.5) is 0 Å². The Balaban J connectivity index is 3.56. The van der Waals surface area contributed by atoms with Crippen LogP contribution >= 0.6 is 23.2 Å². The van der Waals surface area contributed by atoms with E-state index >= 15 is 0 Å². The van der Waals surface area contributed by atoms with Gasteiger partial charge in [-0.2, -0.15) is 0 Å². The van der Waals surface area contributed by atoms with Gasteiger partial charge < -0.3 is 4.74 Å². The van der Waals surface area contributed by atoms with Gasteiger partial charge in [0.05, 0.1) is 12.9 Å². The Bertz CT molecular complexity index is 132. The maximum absolute atomic E-state index is 10.6. The van der Waals surface area contributed by atoms with Crippen LogP contribution in [0.3, 0.4) is 0 Å². The largest absolute Gasteiger partial charge is 0.501 e. The van der Waals surface area contributed by atoms with Crippen molar-refractivity contribution in [3.63, 3.8) is 0 Å². The van der Waals surface area contributed by atoms with Crippen molar-refractivity contribution in [2.45, 2.75) is 11.8 Å². The Labute approximate surface area is 69.8 Å². The van der Waals surface area contributed by atoms with Crippen molar-refractivity contribution in [3.8, 4) is 0 Å². The first-order chi connectivity index (χ1) is 4.68. The second-order valence-electron chi connectivity index (χ2n) is 1.46. The molecule has 0 bridgehead atoms. The minimum Gasteiger partial charge on any atom is -0.501 e. The van der Waals surface area contributed by atoms with Crippen LogP contribution in [0.1, 0.15) is 6.92 Å². The molecule has 0 unspecified atom stereocenters. The molecule has 0 spiro atoms. The molecule has 58 valence electrons. The molecule has 0 aliphatic carbocycles. The fraction of sp³-hybridized carbons (Fsp3) is 0.500. The lowest BCUT2D eigenvalue weighted by molar-refractivity contribution is -0.113. The highest BCUT2D eigenvalue weighted by atomic mass is 35.5. The maximum Gasteiger partial charge on any atom is 0.191 e. The number of allylic oxidation sites excluding steroid dienone is 1. The fourth-order valence-corrected chi connectivity index (χ4v) is 0.430. The Morgan fingerprint density at radius 2 is 2.30 bits per heavy atom. The maximum atomic E-state index is 10.6. The van der Waals surface area contributed by atoms with Crippen LogP contribution < -0.4 is 0 Å². The number of carbonyl (C=O) groups excluding carboxylic acids is 1. The van der Waals surface area contributed by atoms with Crippen LogP contribution in [0.15, 0.2) is 12.3 Å². The normalized spacial score (nSPS) is 10.8. The minimum atomic E-state index is -0.989. The Hall–Kier alpha value is -0.210. The molecule has 4 heteroatoms. The lowest BCUT2D eigenvalue weighted by Gasteiger charge is -1.93. The summed E-state index contributed by atoms with van der Waals surface area (Å²) < 4.78 is 4.74. The smallest absolute Gasteiger partial charge is 0.191 e. The molecule has 0 saturated heterocycles. The number of ether oxygens (including phenoxy) is 1. The van der Waals surface area contributed by atoms with Crippen molar-refractivity contribution in [3.05, 3.63) is 12.3 Å². The lowest BCUT2D eigenvalue weighted by atomic mass is 10.4. The number of ketones is 1. The van der Waals surface area contributed by atoms with Crippen molar-refractivity contribution in [2.24, 2.45) is 0 Å². The summed E-state index contributed by atoms with van der Waals surface area (Å²) in [6.07, 6.45) is 2.48. The van der Waals surface area contributed by atoms with E-state index in [1.165, 1.54) is 12.3 Å². The zero-order valence-corrected chi connectivity index (χ0v) is 7.02. The van der Waals surface area contributed by atoms with Crippen LogP contribution in [-0.4, -0.2) is 17.2 Å². The van der Waals surface area contributed by atoms with Gasteiger partial charge in [0.15, 0.2) is 10.6 Å². The second kappa shape index (κ2) is 5.57. The first kappa shape index (κ1) is 9.79. The van der Waals surface area contributed by atoms with Crippen LogP contribution in [-0.2, 0) is 9.53 Å². The molecule has 0 amide bonds. The van der Waals surface area contributed by atoms with E-state index in [2.05, 4.69) is 0 Å².